The third-order valence-corrected chi connectivity index (χ3v) is 4.61. The highest BCUT2D eigenvalue weighted by atomic mass is 79.9. The van der Waals surface area contributed by atoms with E-state index in [2.05, 4.69) is 48.7 Å². The van der Waals surface area contributed by atoms with Crippen LogP contribution in [0.3, 0.4) is 0 Å². The van der Waals surface area contributed by atoms with Crippen LogP contribution < -0.4 is 4.90 Å². The standard InChI is InChI=1S/C14H21BrN4/c1-2-13-16-12(15)9-14(17-13)19-8-7-18-6-4-3-5-11(18)10-19/h9,11H,2-8,10H2,1H3. The van der Waals surface area contributed by atoms with E-state index in [9.17, 15) is 0 Å². The van der Waals surface area contributed by atoms with Crippen molar-refractivity contribution in [2.75, 3.05) is 31.1 Å². The van der Waals surface area contributed by atoms with Crippen molar-refractivity contribution in [2.45, 2.75) is 38.6 Å². The van der Waals surface area contributed by atoms with Crippen LogP contribution in [-0.2, 0) is 6.42 Å². The van der Waals surface area contributed by atoms with Gasteiger partial charge in [-0.2, -0.15) is 0 Å². The third-order valence-electron chi connectivity index (χ3n) is 4.21. The van der Waals surface area contributed by atoms with Gasteiger partial charge in [-0.05, 0) is 35.3 Å². The normalized spacial score (nSPS) is 24.3. The molecule has 0 bridgehead atoms. The van der Waals surface area contributed by atoms with Gasteiger partial charge in [-0.25, -0.2) is 9.97 Å². The molecule has 1 aromatic rings. The number of nitrogens with zero attached hydrogens (tertiary/aromatic N) is 4. The zero-order valence-corrected chi connectivity index (χ0v) is 13.1. The van der Waals surface area contributed by atoms with Crippen LogP contribution in [0.5, 0.6) is 0 Å². The van der Waals surface area contributed by atoms with Crippen molar-refractivity contribution in [3.8, 4) is 0 Å². The van der Waals surface area contributed by atoms with Crippen LogP contribution in [0.25, 0.3) is 0 Å². The summed E-state index contributed by atoms with van der Waals surface area (Å²) in [6.07, 6.45) is 4.97. The Morgan fingerprint density at radius 3 is 3.00 bits per heavy atom. The number of hydrogen-bond donors (Lipinski definition) is 0. The molecule has 104 valence electrons. The molecule has 2 aliphatic rings. The first-order chi connectivity index (χ1) is 9.26. The van der Waals surface area contributed by atoms with Crippen molar-refractivity contribution in [2.24, 2.45) is 0 Å². The molecule has 19 heavy (non-hydrogen) atoms. The molecule has 0 saturated carbocycles. The second-order valence-corrected chi connectivity index (χ2v) is 6.26. The van der Waals surface area contributed by atoms with Crippen LogP contribution in [0.2, 0.25) is 0 Å². The molecule has 2 aliphatic heterocycles. The van der Waals surface area contributed by atoms with Gasteiger partial charge >= 0.3 is 0 Å². The van der Waals surface area contributed by atoms with Crippen LogP contribution in [-0.4, -0.2) is 47.1 Å². The summed E-state index contributed by atoms with van der Waals surface area (Å²) in [4.78, 5) is 14.2. The molecule has 1 atom stereocenters. The van der Waals surface area contributed by atoms with Crippen LogP contribution in [0.15, 0.2) is 10.7 Å². The molecule has 0 aliphatic carbocycles. The fourth-order valence-corrected chi connectivity index (χ4v) is 3.55. The van der Waals surface area contributed by atoms with E-state index >= 15 is 0 Å². The average molecular weight is 325 g/mol. The topological polar surface area (TPSA) is 32.3 Å². The summed E-state index contributed by atoms with van der Waals surface area (Å²) in [6, 6.07) is 2.78. The zero-order chi connectivity index (χ0) is 13.2. The maximum Gasteiger partial charge on any atom is 0.133 e. The third kappa shape index (κ3) is 2.92. The molecule has 0 aromatic carbocycles. The van der Waals surface area contributed by atoms with Gasteiger partial charge in [-0.15, -0.1) is 0 Å². The first-order valence-corrected chi connectivity index (χ1v) is 8.08. The number of fused-ring (bicyclic) bond motifs is 1. The van der Waals surface area contributed by atoms with E-state index in [0.29, 0.717) is 0 Å². The first-order valence-electron chi connectivity index (χ1n) is 7.28. The Morgan fingerprint density at radius 2 is 2.16 bits per heavy atom. The van der Waals surface area contributed by atoms with Crippen molar-refractivity contribution in [1.29, 1.82) is 0 Å². The van der Waals surface area contributed by atoms with Crippen molar-refractivity contribution in [1.82, 2.24) is 14.9 Å². The van der Waals surface area contributed by atoms with E-state index in [1.807, 2.05) is 0 Å². The Morgan fingerprint density at radius 1 is 1.26 bits per heavy atom. The van der Waals surface area contributed by atoms with E-state index in [0.717, 1.165) is 41.8 Å². The smallest absolute Gasteiger partial charge is 0.133 e. The first kappa shape index (κ1) is 13.3. The molecule has 0 spiro atoms. The number of aromatic nitrogens is 2. The van der Waals surface area contributed by atoms with Gasteiger partial charge in [0.1, 0.15) is 16.2 Å². The molecule has 2 fully saturated rings. The summed E-state index contributed by atoms with van der Waals surface area (Å²) < 4.78 is 0.903. The minimum Gasteiger partial charge on any atom is -0.354 e. The van der Waals surface area contributed by atoms with Crippen LogP contribution in [0.4, 0.5) is 5.82 Å². The number of halogens is 1. The maximum absolute atomic E-state index is 4.68. The minimum absolute atomic E-state index is 0.723. The molecular weight excluding hydrogens is 304 g/mol. The van der Waals surface area contributed by atoms with Crippen LogP contribution in [0, 0.1) is 0 Å². The Balaban J connectivity index is 1.77. The lowest BCUT2D eigenvalue weighted by molar-refractivity contribution is 0.133. The minimum atomic E-state index is 0.723. The molecule has 0 radical (unpaired) electrons. The molecule has 2 saturated heterocycles. The highest BCUT2D eigenvalue weighted by molar-refractivity contribution is 9.10. The van der Waals surface area contributed by atoms with Crippen LogP contribution >= 0.6 is 15.9 Å². The van der Waals surface area contributed by atoms with Crippen molar-refractivity contribution in [3.05, 3.63) is 16.5 Å². The predicted molar refractivity (Wildman–Crippen MR) is 80.5 cm³/mol. The monoisotopic (exact) mass is 324 g/mol. The lowest BCUT2D eigenvalue weighted by atomic mass is 9.99. The quantitative estimate of drug-likeness (QED) is 0.782. The lowest BCUT2D eigenvalue weighted by Crippen LogP contribution is -2.55. The van der Waals surface area contributed by atoms with Crippen molar-refractivity contribution in [3.63, 3.8) is 0 Å². The van der Waals surface area contributed by atoms with Gasteiger partial charge in [0, 0.05) is 38.2 Å². The Kier molecular flexibility index (Phi) is 4.03. The van der Waals surface area contributed by atoms with Gasteiger partial charge < -0.3 is 4.90 Å². The number of piperazine rings is 1. The van der Waals surface area contributed by atoms with Crippen LogP contribution in [0.1, 0.15) is 32.0 Å². The highest BCUT2D eigenvalue weighted by Crippen LogP contribution is 2.25. The summed E-state index contributed by atoms with van der Waals surface area (Å²) in [6.45, 7) is 6.76. The molecule has 1 aromatic heterocycles. The van der Waals surface area contributed by atoms with E-state index in [4.69, 9.17) is 0 Å². The molecule has 4 nitrogen and oxygen atoms in total. The number of hydrogen-bond acceptors (Lipinski definition) is 4. The molecular formula is C14H21BrN4. The zero-order valence-electron chi connectivity index (χ0n) is 11.5. The fraction of sp³-hybridized carbons (Fsp3) is 0.714. The average Bonchev–Trinajstić information content (AvgIpc) is 2.46. The largest absolute Gasteiger partial charge is 0.354 e. The second-order valence-electron chi connectivity index (χ2n) is 5.45. The van der Waals surface area contributed by atoms with Gasteiger partial charge in [-0.1, -0.05) is 13.3 Å². The number of anilines is 1. The summed E-state index contributed by atoms with van der Waals surface area (Å²) in [5, 5.41) is 0. The van der Waals surface area contributed by atoms with Crippen molar-refractivity contribution < 1.29 is 0 Å². The fourth-order valence-electron chi connectivity index (χ4n) is 3.14. The Labute approximate surface area is 123 Å². The summed E-state index contributed by atoms with van der Waals surface area (Å²) in [5.74, 6) is 2.01. The maximum atomic E-state index is 4.68. The van der Waals surface area contributed by atoms with Gasteiger partial charge in [-0.3, -0.25) is 4.90 Å². The lowest BCUT2D eigenvalue weighted by Gasteiger charge is -2.44. The molecule has 3 heterocycles. The number of piperidine rings is 1. The Bertz CT molecular complexity index is 451. The van der Waals surface area contributed by atoms with Gasteiger partial charge in [0.15, 0.2) is 0 Å². The van der Waals surface area contributed by atoms with E-state index < -0.39 is 0 Å². The van der Waals surface area contributed by atoms with Gasteiger partial charge in [0.05, 0.1) is 0 Å². The summed E-state index contributed by atoms with van der Waals surface area (Å²) in [7, 11) is 0. The number of rotatable bonds is 2. The SMILES string of the molecule is CCc1nc(Br)cc(N2CCN3CCCCC3C2)n1. The van der Waals surface area contributed by atoms with E-state index in [1.54, 1.807) is 0 Å². The van der Waals surface area contributed by atoms with Crippen molar-refractivity contribution >= 4 is 21.7 Å². The molecule has 0 amide bonds. The Hall–Kier alpha value is -0.680. The van der Waals surface area contributed by atoms with Gasteiger partial charge in [0.2, 0.25) is 0 Å². The predicted octanol–water partition coefficient (Wildman–Crippen LogP) is 2.48. The van der Waals surface area contributed by atoms with E-state index in [-0.39, 0.29) is 0 Å². The summed E-state index contributed by atoms with van der Waals surface area (Å²) in [5.41, 5.74) is 0. The van der Waals surface area contributed by atoms with Gasteiger partial charge in [0.25, 0.3) is 0 Å². The molecule has 0 N–H and O–H groups in total. The number of aryl methyl sites for hydroxylation is 1. The summed E-state index contributed by atoms with van der Waals surface area (Å²) >= 11 is 3.50. The molecule has 1 unspecified atom stereocenters. The second kappa shape index (κ2) is 5.75. The molecule has 5 heteroatoms. The van der Waals surface area contributed by atoms with E-state index in [1.165, 1.54) is 32.4 Å². The molecule has 3 rings (SSSR count). The highest BCUT2D eigenvalue weighted by Gasteiger charge is 2.29.